The van der Waals surface area contributed by atoms with Crippen molar-refractivity contribution in [1.82, 2.24) is 39.9 Å². The van der Waals surface area contributed by atoms with Gasteiger partial charge in [0, 0.05) is 95.5 Å². The number of nitrogens with zero attached hydrogens (tertiary/aromatic N) is 10. The van der Waals surface area contributed by atoms with Gasteiger partial charge >= 0.3 is 6.03 Å². The van der Waals surface area contributed by atoms with Crippen LogP contribution in [0.15, 0.2) is 54.9 Å². The van der Waals surface area contributed by atoms with Crippen molar-refractivity contribution in [3.63, 3.8) is 0 Å². The van der Waals surface area contributed by atoms with Crippen LogP contribution in [-0.4, -0.2) is 124 Å². The molecule has 0 atom stereocenters. The molecular formula is C41H43FN12O4S. The summed E-state index contributed by atoms with van der Waals surface area (Å²) in [7, 11) is 0. The molecule has 0 unspecified atom stereocenters. The van der Waals surface area contributed by atoms with E-state index in [0.29, 0.717) is 43.3 Å². The average Bonchev–Trinajstić information content (AvgIpc) is 3.93. The van der Waals surface area contributed by atoms with Crippen molar-refractivity contribution in [1.29, 1.82) is 5.26 Å². The van der Waals surface area contributed by atoms with E-state index in [0.717, 1.165) is 96.7 Å². The van der Waals surface area contributed by atoms with E-state index in [1.807, 2.05) is 30.5 Å². The highest BCUT2D eigenvalue weighted by molar-refractivity contribution is 7.18. The Labute approximate surface area is 343 Å². The molecule has 304 valence electrons. The summed E-state index contributed by atoms with van der Waals surface area (Å²) in [5.74, 6) is -0.765. The molecule has 0 saturated carbocycles. The number of ether oxygens (including phenoxy) is 1. The normalized spacial score (nSPS) is 18.6. The molecule has 4 fully saturated rings. The van der Waals surface area contributed by atoms with E-state index in [-0.39, 0.29) is 30.6 Å². The number of amides is 4. The van der Waals surface area contributed by atoms with E-state index in [1.165, 1.54) is 23.1 Å². The van der Waals surface area contributed by atoms with Crippen LogP contribution >= 0.6 is 11.3 Å². The van der Waals surface area contributed by atoms with Gasteiger partial charge in [0.25, 0.3) is 5.91 Å². The van der Waals surface area contributed by atoms with Gasteiger partial charge in [0.15, 0.2) is 5.01 Å². The van der Waals surface area contributed by atoms with Crippen LogP contribution in [0.5, 0.6) is 0 Å². The number of carbonyl (C=O) groups excluding carboxylic acids is 3. The zero-order valence-electron chi connectivity index (χ0n) is 32.3. The summed E-state index contributed by atoms with van der Waals surface area (Å²) in [4.78, 5) is 50.0. The highest BCUT2D eigenvalue weighted by Crippen LogP contribution is 2.37. The van der Waals surface area contributed by atoms with Gasteiger partial charge in [-0.2, -0.15) is 10.4 Å². The summed E-state index contributed by atoms with van der Waals surface area (Å²) in [6.07, 6.45) is 7.02. The fourth-order valence-corrected chi connectivity index (χ4v) is 9.21. The minimum Gasteiger partial charge on any atom is -0.381 e. The number of hydrogen-bond acceptors (Lipinski definition) is 13. The van der Waals surface area contributed by atoms with Crippen LogP contribution < -0.4 is 20.4 Å². The number of aromatic nitrogens is 5. The number of halogens is 1. The molecule has 4 aromatic heterocycles. The van der Waals surface area contributed by atoms with Crippen LogP contribution in [0, 0.1) is 23.1 Å². The third-order valence-electron chi connectivity index (χ3n) is 11.6. The smallest absolute Gasteiger partial charge is 0.328 e. The molecule has 0 aliphatic carbocycles. The molecule has 0 radical (unpaired) electrons. The van der Waals surface area contributed by atoms with Crippen LogP contribution in [0.1, 0.15) is 48.0 Å². The van der Waals surface area contributed by atoms with Crippen molar-refractivity contribution in [2.45, 2.75) is 38.1 Å². The van der Waals surface area contributed by atoms with Crippen molar-refractivity contribution in [2.24, 2.45) is 5.92 Å². The number of pyridine rings is 1. The number of imide groups is 1. The third-order valence-corrected chi connectivity index (χ3v) is 12.6. The Morgan fingerprint density at radius 2 is 1.78 bits per heavy atom. The van der Waals surface area contributed by atoms with Gasteiger partial charge in [0.1, 0.15) is 11.9 Å². The molecule has 5 aromatic rings. The molecular weight excluding hydrogens is 776 g/mol. The highest BCUT2D eigenvalue weighted by Gasteiger charge is 2.30. The van der Waals surface area contributed by atoms with Crippen molar-refractivity contribution in [3.8, 4) is 28.0 Å². The summed E-state index contributed by atoms with van der Waals surface area (Å²) in [5.41, 5.74) is 5.04. The number of fused-ring (bicyclic) bond motifs is 1. The summed E-state index contributed by atoms with van der Waals surface area (Å²) in [6, 6.07) is 13.5. The Morgan fingerprint density at radius 3 is 2.56 bits per heavy atom. The second kappa shape index (κ2) is 16.7. The molecule has 4 saturated heterocycles. The Kier molecular flexibility index (Phi) is 10.9. The first-order valence-corrected chi connectivity index (χ1v) is 20.8. The Balaban J connectivity index is 0.810. The fraction of sp³-hybridized carbons (Fsp3) is 0.415. The molecule has 1 aromatic carbocycles. The number of piperidine rings is 1. The third kappa shape index (κ3) is 8.18. The molecule has 16 nitrogen and oxygen atoms in total. The van der Waals surface area contributed by atoms with Gasteiger partial charge < -0.3 is 19.9 Å². The van der Waals surface area contributed by atoms with E-state index in [9.17, 15) is 24.0 Å². The number of benzene rings is 1. The van der Waals surface area contributed by atoms with Crippen molar-refractivity contribution < 1.29 is 23.5 Å². The topological polar surface area (TPSA) is 177 Å². The summed E-state index contributed by atoms with van der Waals surface area (Å²) in [6.45, 7) is 7.07. The van der Waals surface area contributed by atoms with Gasteiger partial charge in [-0.15, -0.1) is 10.2 Å². The molecule has 2 N–H and O–H groups in total. The number of rotatable bonds is 9. The molecule has 4 aliphatic rings. The molecule has 9 rings (SSSR count). The number of carbonyl (C=O) groups is 3. The second-order valence-electron chi connectivity index (χ2n) is 15.4. The predicted octanol–water partition coefficient (Wildman–Crippen LogP) is 4.64. The van der Waals surface area contributed by atoms with Crippen LogP contribution in [0.2, 0.25) is 0 Å². The Morgan fingerprint density at radius 1 is 0.966 bits per heavy atom. The number of hydrogen-bond donors (Lipinski definition) is 2. The quantitative estimate of drug-likeness (QED) is 0.211. The lowest BCUT2D eigenvalue weighted by Crippen LogP contribution is -2.50. The first-order chi connectivity index (χ1) is 28.8. The minimum atomic E-state index is -0.689. The van der Waals surface area contributed by atoms with Gasteiger partial charge in [-0.1, -0.05) is 11.3 Å². The first-order valence-electron chi connectivity index (χ1n) is 20.0. The van der Waals surface area contributed by atoms with Crippen molar-refractivity contribution in [2.75, 3.05) is 80.7 Å². The maximum atomic E-state index is 14.7. The lowest BCUT2D eigenvalue weighted by atomic mass is 9.95. The lowest BCUT2D eigenvalue weighted by molar-refractivity contribution is -0.120. The van der Waals surface area contributed by atoms with E-state index in [4.69, 9.17) is 9.72 Å². The maximum absolute atomic E-state index is 14.7. The van der Waals surface area contributed by atoms with Crippen LogP contribution in [0.25, 0.3) is 27.5 Å². The first kappa shape index (κ1) is 38.5. The standard InChI is InChI=1S/C41H43FN12O4S/c42-32-3-1-28(20-36(32)53-12-7-37(55)47-40(53)57)39(56)51-10-5-26(6-11-51)25-50-13-15-52(16-14-50)41-49-48-38(59-41)31-24-44-34(21-33(31)46-29-8-17-58-18-9-29)35-4-2-30-19-27(22-43)23-45-54(30)35/h1-4,19-21,23-24,26,29H,5-18,25H2,(H,44,46)(H,47,55,57). The number of likely N-dealkylation sites (tertiary alicyclic amines) is 1. The molecule has 4 aliphatic heterocycles. The van der Waals surface area contributed by atoms with Crippen LogP contribution in [-0.2, 0) is 9.53 Å². The molecule has 0 bridgehead atoms. The largest absolute Gasteiger partial charge is 0.381 e. The van der Waals surface area contributed by atoms with Gasteiger partial charge in [0.05, 0.1) is 39.9 Å². The zero-order chi connectivity index (χ0) is 40.5. The molecule has 8 heterocycles. The second-order valence-corrected chi connectivity index (χ2v) is 16.3. The number of nitriles is 1. The molecule has 18 heteroatoms. The van der Waals surface area contributed by atoms with Crippen LogP contribution in [0.3, 0.4) is 0 Å². The number of urea groups is 1. The fourth-order valence-electron chi connectivity index (χ4n) is 8.29. The monoisotopic (exact) mass is 818 g/mol. The van der Waals surface area contributed by atoms with Gasteiger partial charge in [-0.25, -0.2) is 13.7 Å². The summed E-state index contributed by atoms with van der Waals surface area (Å²) in [5, 5.41) is 30.7. The van der Waals surface area contributed by atoms with Gasteiger partial charge in [-0.3, -0.25) is 29.7 Å². The molecule has 59 heavy (non-hydrogen) atoms. The Hall–Kier alpha value is -6.03. The zero-order valence-corrected chi connectivity index (χ0v) is 33.2. The SMILES string of the molecule is N#Cc1cnn2c(-c3cc(NC4CCOCC4)c(-c4nnc(N5CCN(CC6CCN(C(=O)c7ccc(F)c(N8CCC(=O)NC8=O)c7)CC6)CC5)s4)cn3)ccc2c1. The number of nitrogens with one attached hydrogen (secondary N) is 2. The van der Waals surface area contributed by atoms with E-state index >= 15 is 0 Å². The highest BCUT2D eigenvalue weighted by atomic mass is 32.1. The van der Waals surface area contributed by atoms with Crippen LogP contribution in [0.4, 0.5) is 25.7 Å². The van der Waals surface area contributed by atoms with Crippen molar-refractivity contribution >= 4 is 51.2 Å². The predicted molar refractivity (Wildman–Crippen MR) is 219 cm³/mol. The summed E-state index contributed by atoms with van der Waals surface area (Å²) < 4.78 is 22.1. The van der Waals surface area contributed by atoms with Gasteiger partial charge in [0.2, 0.25) is 11.0 Å². The average molecular weight is 819 g/mol. The number of anilines is 3. The lowest BCUT2D eigenvalue weighted by Gasteiger charge is -2.38. The Bertz CT molecular complexity index is 2430. The molecule has 0 spiro atoms. The van der Waals surface area contributed by atoms with E-state index in [2.05, 4.69) is 41.8 Å². The van der Waals surface area contributed by atoms with Crippen molar-refractivity contribution in [3.05, 3.63) is 71.8 Å². The molecule has 4 amide bonds. The minimum absolute atomic E-state index is 0.00366. The van der Waals surface area contributed by atoms with Gasteiger partial charge in [-0.05, 0) is 74.1 Å². The number of piperazine rings is 1. The van der Waals surface area contributed by atoms with E-state index < -0.39 is 17.8 Å². The maximum Gasteiger partial charge on any atom is 0.328 e. The summed E-state index contributed by atoms with van der Waals surface area (Å²) >= 11 is 1.56. The van der Waals surface area contributed by atoms with E-state index in [1.54, 1.807) is 26.9 Å².